The molecule has 0 radical (unpaired) electrons. The molecule has 1 aliphatic rings. The normalized spacial score (nSPS) is 16.5. The monoisotopic (exact) mass is 597 g/mol. The molecule has 3 rings (SSSR count). The van der Waals surface area contributed by atoms with Gasteiger partial charge in [0, 0.05) is 38.1 Å². The van der Waals surface area contributed by atoms with E-state index in [2.05, 4.69) is 54.2 Å². The highest BCUT2D eigenvalue weighted by atomic mass is 16.3. The topological polar surface area (TPSA) is 123 Å². The number of amides is 2. The van der Waals surface area contributed by atoms with Gasteiger partial charge < -0.3 is 20.8 Å². The van der Waals surface area contributed by atoms with Crippen molar-refractivity contribution in [1.29, 1.82) is 0 Å². The summed E-state index contributed by atoms with van der Waals surface area (Å²) in [7, 11) is 1.68. The van der Waals surface area contributed by atoms with Gasteiger partial charge in [0.1, 0.15) is 5.84 Å². The second-order valence-electron chi connectivity index (χ2n) is 9.76. The average Bonchev–Trinajstić information content (AvgIpc) is 3.52. The molecular weight excluding hydrogens is 538 g/mol. The van der Waals surface area contributed by atoms with Crippen molar-refractivity contribution in [2.75, 3.05) is 20.1 Å². The molecule has 2 amide bonds. The standard InChI is InChI=1S/C22H31N3O3.C6H12N2.C3H6.C2H6.C2H4/c1-3-8-22(9-12-24-20(26)4-2)14-17(22)6-5-10-25-21(27)18-13-16-7-11-23-15-19(16)28-18;1-3-4-5-6(7)8-2;1-3-2;2*1-2/h7,11,13,15,17H,3-6,8-10,12,14H2,1-2H3,(H,24,26)(H,25,27);4-5H,3H2,1-2H3,(H2,7,8);3H,1H2,2H3;1-2H3;1-2H2/b;5-4-;;;. The number of hydrogen-bond acceptors (Lipinski definition) is 5. The fourth-order valence-electron chi connectivity index (χ4n) is 4.60. The van der Waals surface area contributed by atoms with E-state index < -0.39 is 0 Å². The van der Waals surface area contributed by atoms with Crippen LogP contribution in [0.2, 0.25) is 0 Å². The fraction of sp³-hybridized carbons (Fsp3) is 0.543. The second-order valence-corrected chi connectivity index (χ2v) is 9.76. The van der Waals surface area contributed by atoms with Crippen molar-refractivity contribution in [3.63, 3.8) is 0 Å². The van der Waals surface area contributed by atoms with Crippen molar-refractivity contribution in [3.05, 3.63) is 68.3 Å². The maximum Gasteiger partial charge on any atom is 0.287 e. The number of hydrogen-bond donors (Lipinski definition) is 3. The molecule has 2 heterocycles. The number of furan rings is 1. The number of nitrogens with zero attached hydrogens (tertiary/aromatic N) is 2. The van der Waals surface area contributed by atoms with Gasteiger partial charge in [0.25, 0.3) is 5.91 Å². The minimum atomic E-state index is -0.172. The molecule has 1 fully saturated rings. The number of carbonyl (C=O) groups is 2. The highest BCUT2D eigenvalue weighted by Crippen LogP contribution is 2.60. The Morgan fingerprint density at radius 3 is 2.42 bits per heavy atom. The first-order valence-electron chi connectivity index (χ1n) is 15.6. The third-order valence-electron chi connectivity index (χ3n) is 6.72. The van der Waals surface area contributed by atoms with E-state index in [1.54, 1.807) is 37.7 Å². The summed E-state index contributed by atoms with van der Waals surface area (Å²) in [5, 5.41) is 6.85. The van der Waals surface area contributed by atoms with Gasteiger partial charge in [-0.25, -0.2) is 0 Å². The Morgan fingerprint density at radius 1 is 1.19 bits per heavy atom. The Morgan fingerprint density at radius 2 is 1.86 bits per heavy atom. The molecule has 0 saturated heterocycles. The summed E-state index contributed by atoms with van der Waals surface area (Å²) in [4.78, 5) is 31.5. The van der Waals surface area contributed by atoms with Crippen LogP contribution in [0, 0.1) is 11.3 Å². The molecule has 2 aromatic heterocycles. The van der Waals surface area contributed by atoms with Gasteiger partial charge in [0.2, 0.25) is 5.91 Å². The smallest absolute Gasteiger partial charge is 0.287 e. The molecule has 2 unspecified atom stereocenters. The predicted molar refractivity (Wildman–Crippen MR) is 184 cm³/mol. The minimum Gasteiger partial charge on any atom is -0.449 e. The Bertz CT molecular complexity index is 1060. The summed E-state index contributed by atoms with van der Waals surface area (Å²) in [6, 6.07) is 3.59. The number of amidine groups is 1. The zero-order valence-corrected chi connectivity index (χ0v) is 28.0. The quantitative estimate of drug-likeness (QED) is 0.0934. The number of aliphatic imine (C=N–C) groups is 1. The van der Waals surface area contributed by atoms with Gasteiger partial charge in [0.15, 0.2) is 11.3 Å². The largest absolute Gasteiger partial charge is 0.449 e. The van der Waals surface area contributed by atoms with E-state index in [1.807, 2.05) is 39.8 Å². The van der Waals surface area contributed by atoms with E-state index in [0.29, 0.717) is 41.5 Å². The fourth-order valence-corrected chi connectivity index (χ4v) is 4.60. The molecule has 8 heteroatoms. The van der Waals surface area contributed by atoms with Crippen molar-refractivity contribution in [2.45, 2.75) is 92.9 Å². The number of nitrogens with two attached hydrogens (primary N) is 1. The zero-order chi connectivity index (χ0) is 33.1. The molecule has 4 N–H and O–H groups in total. The van der Waals surface area contributed by atoms with E-state index in [1.165, 1.54) is 19.3 Å². The maximum atomic E-state index is 12.3. The maximum absolute atomic E-state index is 12.3. The molecule has 242 valence electrons. The highest BCUT2D eigenvalue weighted by Gasteiger charge is 2.51. The lowest BCUT2D eigenvalue weighted by Gasteiger charge is -2.17. The molecular formula is C35H59N5O3. The molecule has 0 aliphatic heterocycles. The highest BCUT2D eigenvalue weighted by molar-refractivity contribution is 5.95. The number of aromatic nitrogens is 1. The van der Waals surface area contributed by atoms with Gasteiger partial charge >= 0.3 is 0 Å². The molecule has 8 nitrogen and oxygen atoms in total. The second kappa shape index (κ2) is 26.0. The van der Waals surface area contributed by atoms with Crippen molar-refractivity contribution in [2.24, 2.45) is 22.1 Å². The summed E-state index contributed by atoms with van der Waals surface area (Å²) in [6.45, 7) is 22.8. The van der Waals surface area contributed by atoms with Crippen LogP contribution in [-0.2, 0) is 4.79 Å². The summed E-state index contributed by atoms with van der Waals surface area (Å²) < 4.78 is 5.55. The van der Waals surface area contributed by atoms with E-state index in [0.717, 1.165) is 37.6 Å². The van der Waals surface area contributed by atoms with Crippen LogP contribution in [0.5, 0.6) is 0 Å². The average molecular weight is 598 g/mol. The first-order valence-corrected chi connectivity index (χ1v) is 15.6. The first-order chi connectivity index (χ1) is 20.8. The lowest BCUT2D eigenvalue weighted by molar-refractivity contribution is -0.120. The number of carbonyl (C=O) groups excluding carboxylic acids is 2. The lowest BCUT2D eigenvalue weighted by atomic mass is 9.92. The Kier molecular flexibility index (Phi) is 25.1. The Labute approximate surface area is 261 Å². The van der Waals surface area contributed by atoms with Crippen LogP contribution in [0.25, 0.3) is 11.0 Å². The van der Waals surface area contributed by atoms with Crippen molar-refractivity contribution >= 4 is 28.6 Å². The number of allylic oxidation sites excluding steroid dienone is 2. The summed E-state index contributed by atoms with van der Waals surface area (Å²) in [6.07, 6.45) is 17.2. The molecule has 43 heavy (non-hydrogen) atoms. The van der Waals surface area contributed by atoms with Gasteiger partial charge in [-0.1, -0.05) is 53.2 Å². The molecule has 2 aromatic rings. The van der Waals surface area contributed by atoms with E-state index >= 15 is 0 Å². The van der Waals surface area contributed by atoms with E-state index in [-0.39, 0.29) is 11.8 Å². The number of rotatable bonds is 13. The molecule has 0 aromatic carbocycles. The van der Waals surface area contributed by atoms with Crippen LogP contribution in [0.4, 0.5) is 0 Å². The Hall–Kier alpha value is -3.68. The van der Waals surface area contributed by atoms with Crippen LogP contribution in [0.15, 0.2) is 71.9 Å². The van der Waals surface area contributed by atoms with Crippen LogP contribution >= 0.6 is 0 Å². The van der Waals surface area contributed by atoms with Gasteiger partial charge in [0.05, 0.1) is 6.20 Å². The molecule has 2 atom stereocenters. The Balaban J connectivity index is 0. The SMILES string of the molecule is C=C.C=CC.CC.CC/C=C\C(N)=NC.CCCC1(CCNC(=O)CC)CC1CCCNC(=O)c1cc2ccncc2o1. The third-order valence-corrected chi connectivity index (χ3v) is 6.72. The lowest BCUT2D eigenvalue weighted by Crippen LogP contribution is -2.26. The zero-order valence-electron chi connectivity index (χ0n) is 28.0. The molecule has 1 aliphatic carbocycles. The van der Waals surface area contributed by atoms with Crippen molar-refractivity contribution in [3.8, 4) is 0 Å². The summed E-state index contributed by atoms with van der Waals surface area (Å²) in [5.74, 6) is 1.59. The van der Waals surface area contributed by atoms with Crippen LogP contribution in [0.3, 0.4) is 0 Å². The summed E-state index contributed by atoms with van der Waals surface area (Å²) >= 11 is 0. The predicted octanol–water partition coefficient (Wildman–Crippen LogP) is 8.02. The molecule has 0 bridgehead atoms. The molecule has 1 saturated carbocycles. The number of pyridine rings is 1. The van der Waals surface area contributed by atoms with Gasteiger partial charge in [-0.3, -0.25) is 19.6 Å². The van der Waals surface area contributed by atoms with Gasteiger partial charge in [-0.2, -0.15) is 0 Å². The first kappa shape index (κ1) is 41.5. The minimum absolute atomic E-state index is 0.132. The van der Waals surface area contributed by atoms with Crippen molar-refractivity contribution < 1.29 is 14.0 Å². The van der Waals surface area contributed by atoms with Crippen molar-refractivity contribution in [1.82, 2.24) is 15.6 Å². The van der Waals surface area contributed by atoms with Crippen LogP contribution in [0.1, 0.15) is 103 Å². The van der Waals surface area contributed by atoms with Crippen LogP contribution in [-0.4, -0.2) is 42.8 Å². The number of nitrogens with one attached hydrogen (secondary N) is 2. The van der Waals surface area contributed by atoms with E-state index in [4.69, 9.17) is 10.2 Å². The molecule has 0 spiro atoms. The van der Waals surface area contributed by atoms with E-state index in [9.17, 15) is 9.59 Å². The number of fused-ring (bicyclic) bond motifs is 1. The third kappa shape index (κ3) is 17.1. The van der Waals surface area contributed by atoms with Gasteiger partial charge in [-0.15, -0.1) is 19.7 Å². The summed E-state index contributed by atoms with van der Waals surface area (Å²) in [5.41, 5.74) is 6.35. The van der Waals surface area contributed by atoms with Gasteiger partial charge in [-0.05, 0) is 75.0 Å². The van der Waals surface area contributed by atoms with Crippen LogP contribution < -0.4 is 16.4 Å².